The van der Waals surface area contributed by atoms with E-state index >= 15 is 0 Å². The van der Waals surface area contributed by atoms with Crippen LogP contribution in [0.1, 0.15) is 17.7 Å². The van der Waals surface area contributed by atoms with Gasteiger partial charge in [0, 0.05) is 42.4 Å². The second-order valence-corrected chi connectivity index (χ2v) is 9.60. The van der Waals surface area contributed by atoms with Gasteiger partial charge in [-0.05, 0) is 54.8 Å². The molecule has 1 unspecified atom stereocenters. The number of nitrogens with one attached hydrogen (secondary N) is 2. The molecule has 34 heavy (non-hydrogen) atoms. The minimum atomic E-state index is -0.432. The third-order valence-corrected chi connectivity index (χ3v) is 6.81. The molecule has 0 bridgehead atoms. The summed E-state index contributed by atoms with van der Waals surface area (Å²) in [5.41, 5.74) is 4.25. The van der Waals surface area contributed by atoms with Crippen LogP contribution in [0.25, 0.3) is 11.1 Å². The van der Waals surface area contributed by atoms with Crippen LogP contribution < -0.4 is 10.1 Å². The molecule has 7 nitrogen and oxygen atoms in total. The van der Waals surface area contributed by atoms with E-state index in [1.807, 2.05) is 25.1 Å². The average Bonchev–Trinajstić information content (AvgIpc) is 3.25. The van der Waals surface area contributed by atoms with Gasteiger partial charge < -0.3 is 15.0 Å². The lowest BCUT2D eigenvalue weighted by molar-refractivity contribution is -0.128. The standard InChI is InChI=1S/C25H27FN4O3S/c1-15-20(13-27-29-15)16-4-6-21(23(12-16)34-9-8-24(31)30(2)3)28-25(32)18-10-17-11-19(26)5-7-22(17)33-14-18/h4-7,11-13,18H,8-10,14H2,1-3H3,(H,27,29)(H,28,32). The van der Waals surface area contributed by atoms with Gasteiger partial charge in [0.25, 0.3) is 0 Å². The molecule has 178 valence electrons. The maximum atomic E-state index is 13.6. The van der Waals surface area contributed by atoms with Crippen LogP contribution >= 0.6 is 11.8 Å². The summed E-state index contributed by atoms with van der Waals surface area (Å²) >= 11 is 1.52. The molecular weight excluding hydrogens is 455 g/mol. The number of hydrogen-bond donors (Lipinski definition) is 2. The van der Waals surface area contributed by atoms with Gasteiger partial charge in [0.05, 0.1) is 17.8 Å². The van der Waals surface area contributed by atoms with Crippen molar-refractivity contribution in [1.82, 2.24) is 15.1 Å². The summed E-state index contributed by atoms with van der Waals surface area (Å²) < 4.78 is 19.3. The highest BCUT2D eigenvalue weighted by Crippen LogP contribution is 2.35. The van der Waals surface area contributed by atoms with Crippen LogP contribution in [0.15, 0.2) is 47.5 Å². The number of H-pyrrole nitrogens is 1. The van der Waals surface area contributed by atoms with Crippen molar-refractivity contribution in [2.45, 2.75) is 24.7 Å². The van der Waals surface area contributed by atoms with Crippen LogP contribution in [-0.4, -0.2) is 53.4 Å². The number of rotatable bonds is 7. The Balaban J connectivity index is 1.53. The third kappa shape index (κ3) is 5.41. The van der Waals surface area contributed by atoms with E-state index in [1.165, 1.54) is 23.9 Å². The second kappa shape index (κ2) is 10.3. The Morgan fingerprint density at radius 2 is 2.09 bits per heavy atom. The molecule has 0 fully saturated rings. The molecule has 0 spiro atoms. The smallest absolute Gasteiger partial charge is 0.231 e. The number of amides is 2. The molecule has 1 aliphatic heterocycles. The van der Waals surface area contributed by atoms with Crippen LogP contribution in [0.3, 0.4) is 0 Å². The van der Waals surface area contributed by atoms with Crippen molar-refractivity contribution in [3.8, 4) is 16.9 Å². The Morgan fingerprint density at radius 3 is 2.82 bits per heavy atom. The van der Waals surface area contributed by atoms with E-state index in [-0.39, 0.29) is 24.2 Å². The zero-order valence-electron chi connectivity index (χ0n) is 19.4. The number of aryl methyl sites for hydroxylation is 1. The quantitative estimate of drug-likeness (QED) is 0.491. The lowest BCUT2D eigenvalue weighted by atomic mass is 9.95. The van der Waals surface area contributed by atoms with Gasteiger partial charge in [-0.3, -0.25) is 14.7 Å². The maximum absolute atomic E-state index is 13.6. The summed E-state index contributed by atoms with van der Waals surface area (Å²) in [6.45, 7) is 2.18. The first-order valence-corrected chi connectivity index (χ1v) is 12.0. The summed E-state index contributed by atoms with van der Waals surface area (Å²) in [7, 11) is 3.47. The molecule has 3 aromatic rings. The monoisotopic (exact) mass is 482 g/mol. The number of fused-ring (bicyclic) bond motifs is 1. The fraction of sp³-hybridized carbons (Fsp3) is 0.320. The van der Waals surface area contributed by atoms with Gasteiger partial charge in [0.2, 0.25) is 11.8 Å². The highest BCUT2D eigenvalue weighted by atomic mass is 32.2. The van der Waals surface area contributed by atoms with Gasteiger partial charge in [-0.2, -0.15) is 5.10 Å². The van der Waals surface area contributed by atoms with E-state index in [4.69, 9.17) is 4.74 Å². The number of thioether (sulfide) groups is 1. The van der Waals surface area contributed by atoms with E-state index < -0.39 is 5.92 Å². The molecule has 0 aliphatic carbocycles. The molecule has 0 saturated carbocycles. The molecule has 1 atom stereocenters. The molecule has 2 aromatic carbocycles. The van der Waals surface area contributed by atoms with Gasteiger partial charge in [0.15, 0.2) is 0 Å². The minimum absolute atomic E-state index is 0.0465. The topological polar surface area (TPSA) is 87.3 Å². The minimum Gasteiger partial charge on any atom is -0.492 e. The van der Waals surface area contributed by atoms with E-state index in [0.717, 1.165) is 21.7 Å². The normalized spacial score (nSPS) is 14.8. The van der Waals surface area contributed by atoms with E-state index in [2.05, 4.69) is 15.5 Å². The van der Waals surface area contributed by atoms with Gasteiger partial charge >= 0.3 is 0 Å². The molecule has 9 heteroatoms. The van der Waals surface area contributed by atoms with E-state index in [0.29, 0.717) is 35.6 Å². The summed E-state index contributed by atoms with van der Waals surface area (Å²) in [5, 5.41) is 10.1. The number of carbonyl (C=O) groups excluding carboxylic acids is 2. The van der Waals surface area contributed by atoms with Crippen molar-refractivity contribution in [2.75, 3.05) is 31.8 Å². The zero-order valence-corrected chi connectivity index (χ0v) is 20.2. The lowest BCUT2D eigenvalue weighted by Gasteiger charge is -2.25. The van der Waals surface area contributed by atoms with Gasteiger partial charge in [-0.15, -0.1) is 11.8 Å². The van der Waals surface area contributed by atoms with Crippen molar-refractivity contribution in [2.24, 2.45) is 5.92 Å². The highest BCUT2D eigenvalue weighted by Gasteiger charge is 2.27. The number of halogens is 1. The molecule has 2 amide bonds. The van der Waals surface area contributed by atoms with Crippen LogP contribution in [0, 0.1) is 18.7 Å². The number of benzene rings is 2. The number of hydrogen-bond acceptors (Lipinski definition) is 5. The summed E-state index contributed by atoms with van der Waals surface area (Å²) in [6.07, 6.45) is 2.56. The second-order valence-electron chi connectivity index (χ2n) is 8.46. The van der Waals surface area contributed by atoms with Crippen LogP contribution in [0.2, 0.25) is 0 Å². The van der Waals surface area contributed by atoms with Crippen LogP contribution in [0.5, 0.6) is 5.75 Å². The zero-order chi connectivity index (χ0) is 24.2. The van der Waals surface area contributed by atoms with Crippen molar-refractivity contribution in [3.05, 3.63) is 59.7 Å². The van der Waals surface area contributed by atoms with Crippen molar-refractivity contribution in [1.29, 1.82) is 0 Å². The molecule has 0 radical (unpaired) electrons. The fourth-order valence-electron chi connectivity index (χ4n) is 3.79. The number of anilines is 1. The Morgan fingerprint density at radius 1 is 1.26 bits per heavy atom. The number of aromatic amines is 1. The number of ether oxygens (including phenoxy) is 1. The molecular formula is C25H27FN4O3S. The summed E-state index contributed by atoms with van der Waals surface area (Å²) in [5.74, 6) is 0.274. The highest BCUT2D eigenvalue weighted by molar-refractivity contribution is 7.99. The van der Waals surface area contributed by atoms with Gasteiger partial charge in [0.1, 0.15) is 18.2 Å². The van der Waals surface area contributed by atoms with Gasteiger partial charge in [-0.1, -0.05) is 6.07 Å². The Bertz CT molecular complexity index is 1210. The molecule has 0 saturated heterocycles. The summed E-state index contributed by atoms with van der Waals surface area (Å²) in [4.78, 5) is 27.5. The van der Waals surface area contributed by atoms with Crippen molar-refractivity contribution >= 4 is 29.3 Å². The molecule has 2 N–H and O–H groups in total. The third-order valence-electron chi connectivity index (χ3n) is 5.75. The summed E-state index contributed by atoms with van der Waals surface area (Å²) in [6, 6.07) is 10.2. The number of nitrogens with zero attached hydrogens (tertiary/aromatic N) is 2. The van der Waals surface area contributed by atoms with Gasteiger partial charge in [-0.25, -0.2) is 4.39 Å². The first kappa shape index (κ1) is 23.8. The lowest BCUT2D eigenvalue weighted by Crippen LogP contribution is -2.32. The Labute approximate surface area is 202 Å². The largest absolute Gasteiger partial charge is 0.492 e. The van der Waals surface area contributed by atoms with Crippen LogP contribution in [0.4, 0.5) is 10.1 Å². The predicted molar refractivity (Wildman–Crippen MR) is 131 cm³/mol. The molecule has 4 rings (SSSR count). The average molecular weight is 483 g/mol. The van der Waals surface area contributed by atoms with Crippen molar-refractivity contribution < 1.29 is 18.7 Å². The Kier molecular flexibility index (Phi) is 7.21. The SMILES string of the molecule is Cc1[nH]ncc1-c1ccc(NC(=O)C2COc3ccc(F)cc3C2)c(SCCC(=O)N(C)C)c1. The fourth-order valence-corrected chi connectivity index (χ4v) is 4.77. The maximum Gasteiger partial charge on any atom is 0.231 e. The molecule has 1 aliphatic rings. The van der Waals surface area contributed by atoms with Crippen LogP contribution in [-0.2, 0) is 16.0 Å². The first-order valence-electron chi connectivity index (χ1n) is 11.0. The predicted octanol–water partition coefficient (Wildman–Crippen LogP) is 4.28. The number of aromatic nitrogens is 2. The number of carbonyl (C=O) groups is 2. The van der Waals surface area contributed by atoms with Crippen molar-refractivity contribution in [3.63, 3.8) is 0 Å². The Hall–Kier alpha value is -3.33. The van der Waals surface area contributed by atoms with E-state index in [9.17, 15) is 14.0 Å². The molecule has 2 heterocycles. The van der Waals surface area contributed by atoms with E-state index in [1.54, 1.807) is 31.3 Å². The molecule has 1 aromatic heterocycles. The first-order chi connectivity index (χ1) is 16.3.